The van der Waals surface area contributed by atoms with Gasteiger partial charge in [0, 0.05) is 42.5 Å². The van der Waals surface area contributed by atoms with Crippen molar-refractivity contribution in [1.82, 2.24) is 0 Å². The zero-order chi connectivity index (χ0) is 27.9. The minimum absolute atomic E-state index is 0.171. The summed E-state index contributed by atoms with van der Waals surface area (Å²) >= 11 is 6.40. The van der Waals surface area contributed by atoms with Crippen LogP contribution < -0.4 is 9.64 Å². The average molecular weight is 568 g/mol. The van der Waals surface area contributed by atoms with Crippen molar-refractivity contribution in [2.75, 3.05) is 37.8 Å². The van der Waals surface area contributed by atoms with Gasteiger partial charge in [-0.25, -0.2) is 4.79 Å². The highest BCUT2D eigenvalue weighted by Gasteiger charge is 2.46. The quantitative estimate of drug-likeness (QED) is 0.399. The van der Waals surface area contributed by atoms with Gasteiger partial charge >= 0.3 is 5.97 Å². The molecule has 6 rings (SSSR count). The number of aromatic carboxylic acids is 1. The van der Waals surface area contributed by atoms with Crippen LogP contribution in [0.1, 0.15) is 73.9 Å². The molecule has 2 aliphatic carbocycles. The number of hydrogen-bond acceptors (Lipinski definition) is 5. The van der Waals surface area contributed by atoms with Gasteiger partial charge in [-0.2, -0.15) is 0 Å². The van der Waals surface area contributed by atoms with Crippen LogP contribution in [0.4, 0.5) is 5.69 Å². The molecule has 2 heterocycles. The summed E-state index contributed by atoms with van der Waals surface area (Å²) in [6.45, 7) is 8.20. The fraction of sp³-hybridized carbons (Fsp3) is 0.606. The predicted octanol–water partition coefficient (Wildman–Crippen LogP) is 6.76. The van der Waals surface area contributed by atoms with Crippen LogP contribution in [0.25, 0.3) is 0 Å². The Kier molecular flexibility index (Phi) is 8.04. The van der Waals surface area contributed by atoms with Crippen LogP contribution in [0.5, 0.6) is 5.75 Å². The number of carboxylic acids is 1. The molecule has 1 saturated carbocycles. The Morgan fingerprint density at radius 3 is 2.88 bits per heavy atom. The molecule has 2 aromatic rings. The lowest BCUT2D eigenvalue weighted by Gasteiger charge is -2.48. The maximum atomic E-state index is 12.0. The Morgan fingerprint density at radius 1 is 1.23 bits per heavy atom. The molecule has 2 aromatic carbocycles. The van der Waals surface area contributed by atoms with Gasteiger partial charge in [-0.1, -0.05) is 31.5 Å². The lowest BCUT2D eigenvalue weighted by Crippen LogP contribution is -2.51. The molecule has 6 atom stereocenters. The fourth-order valence-electron chi connectivity index (χ4n) is 7.55. The molecule has 0 unspecified atom stereocenters. The van der Waals surface area contributed by atoms with E-state index >= 15 is 0 Å². The molecule has 40 heavy (non-hydrogen) atoms. The molecule has 0 radical (unpaired) electrons. The second-order valence-electron chi connectivity index (χ2n) is 12.6. The van der Waals surface area contributed by atoms with Crippen molar-refractivity contribution in [1.29, 1.82) is 0 Å². The van der Waals surface area contributed by atoms with Crippen molar-refractivity contribution >= 4 is 23.3 Å². The highest BCUT2D eigenvalue weighted by atomic mass is 35.5. The Bertz CT molecular complexity index is 1240. The zero-order valence-corrected chi connectivity index (χ0v) is 24.5. The molecule has 7 heteroatoms. The van der Waals surface area contributed by atoms with Crippen LogP contribution in [0.15, 0.2) is 36.4 Å². The number of rotatable bonds is 7. The normalized spacial score (nSPS) is 31.5. The summed E-state index contributed by atoms with van der Waals surface area (Å²) in [4.78, 5) is 14.4. The molecule has 1 N–H and O–H groups in total. The summed E-state index contributed by atoms with van der Waals surface area (Å²) in [5.41, 5.74) is 3.65. The van der Waals surface area contributed by atoms with Crippen LogP contribution in [-0.4, -0.2) is 56.2 Å². The smallest absolute Gasteiger partial charge is 0.335 e. The summed E-state index contributed by atoms with van der Waals surface area (Å²) in [6, 6.07) is 11.6. The maximum absolute atomic E-state index is 12.0. The second kappa shape index (κ2) is 11.5. The molecular formula is C33H42ClNO5. The van der Waals surface area contributed by atoms with Crippen LogP contribution in [0.3, 0.4) is 0 Å². The molecule has 216 valence electrons. The lowest BCUT2D eigenvalue weighted by atomic mass is 9.67. The van der Waals surface area contributed by atoms with Gasteiger partial charge in [-0.3, -0.25) is 0 Å². The van der Waals surface area contributed by atoms with E-state index in [0.29, 0.717) is 29.9 Å². The zero-order valence-electron chi connectivity index (χ0n) is 23.7. The largest absolute Gasteiger partial charge is 0.490 e. The van der Waals surface area contributed by atoms with Gasteiger partial charge in [-0.15, -0.1) is 0 Å². The fourth-order valence-corrected chi connectivity index (χ4v) is 7.75. The van der Waals surface area contributed by atoms with Crippen molar-refractivity contribution in [2.45, 2.75) is 76.4 Å². The summed E-state index contributed by atoms with van der Waals surface area (Å²) < 4.78 is 19.2. The first kappa shape index (κ1) is 27.9. The third kappa shape index (κ3) is 5.35. The molecule has 0 amide bonds. The molecule has 2 aliphatic heterocycles. The third-order valence-corrected chi connectivity index (χ3v) is 10.1. The number of carbonyl (C=O) groups is 1. The second-order valence-corrected chi connectivity index (χ2v) is 13.0. The topological polar surface area (TPSA) is 68.2 Å². The van der Waals surface area contributed by atoms with Gasteiger partial charge in [0.2, 0.25) is 0 Å². The van der Waals surface area contributed by atoms with Crippen LogP contribution in [0.2, 0.25) is 5.02 Å². The highest BCUT2D eigenvalue weighted by molar-refractivity contribution is 6.30. The number of carboxylic acid groups (broad SMARTS) is 1. The molecule has 1 saturated heterocycles. The Morgan fingerprint density at radius 2 is 2.10 bits per heavy atom. The first-order valence-corrected chi connectivity index (χ1v) is 15.5. The first-order valence-electron chi connectivity index (χ1n) is 15.1. The number of fused-ring (bicyclic) bond motifs is 3. The number of anilines is 1. The highest BCUT2D eigenvalue weighted by Crippen LogP contribution is 2.47. The SMILES string of the molecule is CCCO[C@H]1C[C@H]([C@@H]2CC[C@H]2CN2C[C@@]3(CCCc4cc(Cl)ccc43)COc3ccc(C(=O)O)cc32)OC[C@@H]1C. The van der Waals surface area contributed by atoms with E-state index < -0.39 is 5.97 Å². The molecule has 4 aliphatic rings. The van der Waals surface area contributed by atoms with E-state index in [1.54, 1.807) is 6.07 Å². The summed E-state index contributed by atoms with van der Waals surface area (Å²) in [6.07, 6.45) is 7.95. The third-order valence-electron chi connectivity index (χ3n) is 9.90. The number of nitrogens with zero attached hydrogens (tertiary/aromatic N) is 1. The lowest BCUT2D eigenvalue weighted by molar-refractivity contribution is -0.141. The standard InChI is InChI=1S/C33H42ClNO5/c1-3-13-38-30-16-31(39-18-21(30)2)26-9-6-24(26)17-35-19-33(12-4-5-22-14-25(34)8-10-27(22)33)20-40-29-11-7-23(32(36)37)15-28(29)35/h7-8,10-11,14-15,21,24,26,30-31H,3-6,9,12-13,16-20H2,1-2H3,(H,36,37)/t21-,24-,26+,30-,31+,33-/m0/s1. The van der Waals surface area contributed by atoms with Crippen molar-refractivity contribution in [3.05, 3.63) is 58.1 Å². The molecule has 2 fully saturated rings. The van der Waals surface area contributed by atoms with Gasteiger partial charge in [0.05, 0.1) is 36.7 Å². The first-order chi connectivity index (χ1) is 19.4. The maximum Gasteiger partial charge on any atom is 0.335 e. The predicted molar refractivity (Wildman–Crippen MR) is 157 cm³/mol. The van der Waals surface area contributed by atoms with Crippen LogP contribution >= 0.6 is 11.6 Å². The summed E-state index contributed by atoms with van der Waals surface area (Å²) in [5.74, 6) is 1.25. The Hall–Kier alpha value is -2.28. The Balaban J connectivity index is 1.29. The van der Waals surface area contributed by atoms with Crippen molar-refractivity contribution < 1.29 is 24.1 Å². The number of aryl methyl sites for hydroxylation is 1. The van der Waals surface area contributed by atoms with Crippen molar-refractivity contribution in [3.8, 4) is 5.75 Å². The molecule has 6 nitrogen and oxygen atoms in total. The molecule has 0 aromatic heterocycles. The molecular weight excluding hydrogens is 526 g/mol. The number of benzene rings is 2. The van der Waals surface area contributed by atoms with Crippen LogP contribution in [0, 0.1) is 17.8 Å². The van der Waals surface area contributed by atoms with E-state index in [0.717, 1.165) is 81.3 Å². The van der Waals surface area contributed by atoms with E-state index in [2.05, 4.69) is 30.9 Å². The number of hydrogen-bond donors (Lipinski definition) is 1. The summed E-state index contributed by atoms with van der Waals surface area (Å²) in [7, 11) is 0. The molecule has 1 spiro atoms. The summed E-state index contributed by atoms with van der Waals surface area (Å²) in [5, 5.41) is 10.6. The van der Waals surface area contributed by atoms with E-state index in [9.17, 15) is 9.90 Å². The van der Waals surface area contributed by atoms with E-state index in [1.165, 1.54) is 17.5 Å². The van der Waals surface area contributed by atoms with Gasteiger partial charge in [-0.05, 0) is 91.8 Å². The monoisotopic (exact) mass is 567 g/mol. The van der Waals surface area contributed by atoms with Gasteiger partial charge in [0.25, 0.3) is 0 Å². The average Bonchev–Trinajstić information content (AvgIpc) is 3.08. The molecule has 0 bridgehead atoms. The number of ether oxygens (including phenoxy) is 3. The Labute approximate surface area is 242 Å². The van der Waals surface area contributed by atoms with Gasteiger partial charge in [0.1, 0.15) is 5.75 Å². The minimum Gasteiger partial charge on any atom is -0.490 e. The van der Waals surface area contributed by atoms with Crippen molar-refractivity contribution in [3.63, 3.8) is 0 Å². The van der Waals surface area contributed by atoms with Gasteiger partial charge < -0.3 is 24.2 Å². The van der Waals surface area contributed by atoms with Crippen LogP contribution in [-0.2, 0) is 21.3 Å². The van der Waals surface area contributed by atoms with E-state index in [4.69, 9.17) is 25.8 Å². The number of halogens is 1. The minimum atomic E-state index is -0.913. The van der Waals surface area contributed by atoms with E-state index in [1.807, 2.05) is 18.2 Å². The van der Waals surface area contributed by atoms with E-state index in [-0.39, 0.29) is 17.6 Å². The van der Waals surface area contributed by atoms with Gasteiger partial charge in [0.15, 0.2) is 0 Å². The van der Waals surface area contributed by atoms with Crippen molar-refractivity contribution in [2.24, 2.45) is 17.8 Å².